The lowest BCUT2D eigenvalue weighted by atomic mass is 10.1. The molecular formula is C19H18ClN3O4. The standard InChI is InChI=1S/C19H18ClN3O4/c1-12(2)21-19(25)16-9-6-14(20)11-17(16)22-18(24)10-5-13-3-7-15(8-4-13)23(26)27/h3-12H,1-2H3,(H,21,25)(H,22,24). The number of hydrogen-bond donors (Lipinski definition) is 2. The molecule has 8 heteroatoms. The van der Waals surface area contributed by atoms with E-state index in [2.05, 4.69) is 10.6 Å². The predicted molar refractivity (Wildman–Crippen MR) is 105 cm³/mol. The van der Waals surface area contributed by atoms with Gasteiger partial charge in [-0.2, -0.15) is 0 Å². The van der Waals surface area contributed by atoms with Gasteiger partial charge in [-0.25, -0.2) is 0 Å². The Hall–Kier alpha value is -3.19. The zero-order valence-electron chi connectivity index (χ0n) is 14.7. The first-order chi connectivity index (χ1) is 12.8. The molecule has 0 aliphatic carbocycles. The predicted octanol–water partition coefficient (Wildman–Crippen LogP) is 4.04. The second-order valence-corrected chi connectivity index (χ2v) is 6.43. The Labute approximate surface area is 161 Å². The van der Waals surface area contributed by atoms with Crippen LogP contribution in [0.2, 0.25) is 5.02 Å². The average Bonchev–Trinajstić information content (AvgIpc) is 2.59. The third-order valence-electron chi connectivity index (χ3n) is 3.43. The molecule has 2 rings (SSSR count). The second kappa shape index (κ2) is 8.95. The number of nitro groups is 1. The molecule has 7 nitrogen and oxygen atoms in total. The highest BCUT2D eigenvalue weighted by Gasteiger charge is 2.14. The van der Waals surface area contributed by atoms with E-state index < -0.39 is 10.8 Å². The van der Waals surface area contributed by atoms with Crippen molar-refractivity contribution in [2.45, 2.75) is 19.9 Å². The van der Waals surface area contributed by atoms with Crippen molar-refractivity contribution in [3.05, 3.63) is 74.8 Å². The Morgan fingerprint density at radius 2 is 1.81 bits per heavy atom. The average molecular weight is 388 g/mol. The van der Waals surface area contributed by atoms with E-state index in [1.54, 1.807) is 6.07 Å². The number of halogens is 1. The van der Waals surface area contributed by atoms with Crippen LogP contribution >= 0.6 is 11.6 Å². The molecule has 2 N–H and O–H groups in total. The molecule has 0 bridgehead atoms. The number of nitrogens with one attached hydrogen (secondary N) is 2. The molecule has 2 aromatic rings. The highest BCUT2D eigenvalue weighted by atomic mass is 35.5. The van der Waals surface area contributed by atoms with E-state index in [9.17, 15) is 19.7 Å². The van der Waals surface area contributed by atoms with Crippen LogP contribution in [0.15, 0.2) is 48.5 Å². The minimum Gasteiger partial charge on any atom is -0.350 e. The number of amides is 2. The van der Waals surface area contributed by atoms with Crippen molar-refractivity contribution in [3.63, 3.8) is 0 Å². The fourth-order valence-electron chi connectivity index (χ4n) is 2.21. The summed E-state index contributed by atoms with van der Waals surface area (Å²) in [5.74, 6) is -0.787. The summed E-state index contributed by atoms with van der Waals surface area (Å²) in [4.78, 5) is 34.6. The van der Waals surface area contributed by atoms with E-state index in [1.807, 2.05) is 13.8 Å². The Morgan fingerprint density at radius 1 is 1.15 bits per heavy atom. The maximum absolute atomic E-state index is 12.3. The first-order valence-corrected chi connectivity index (χ1v) is 8.48. The van der Waals surface area contributed by atoms with Gasteiger partial charge < -0.3 is 10.6 Å². The van der Waals surface area contributed by atoms with Crippen molar-refractivity contribution in [2.75, 3.05) is 5.32 Å². The molecule has 0 atom stereocenters. The molecule has 0 aromatic heterocycles. The summed E-state index contributed by atoms with van der Waals surface area (Å²) in [7, 11) is 0. The number of non-ortho nitro benzene ring substituents is 1. The zero-order chi connectivity index (χ0) is 20.0. The molecule has 0 saturated carbocycles. The molecule has 0 saturated heterocycles. The van der Waals surface area contributed by atoms with Crippen LogP contribution in [0, 0.1) is 10.1 Å². The normalized spacial score (nSPS) is 10.8. The number of nitrogens with zero attached hydrogens (tertiary/aromatic N) is 1. The van der Waals surface area contributed by atoms with Gasteiger partial charge in [0.1, 0.15) is 0 Å². The SMILES string of the molecule is CC(C)NC(=O)c1ccc(Cl)cc1NC(=O)C=Cc1ccc([N+](=O)[O-])cc1. The van der Waals surface area contributed by atoms with Gasteiger partial charge in [0, 0.05) is 29.3 Å². The summed E-state index contributed by atoms with van der Waals surface area (Å²) >= 11 is 5.97. The van der Waals surface area contributed by atoms with Gasteiger partial charge in [-0.05, 0) is 55.8 Å². The first-order valence-electron chi connectivity index (χ1n) is 8.10. The number of hydrogen-bond acceptors (Lipinski definition) is 4. The van der Waals surface area contributed by atoms with Gasteiger partial charge in [-0.3, -0.25) is 19.7 Å². The van der Waals surface area contributed by atoms with Crippen LogP contribution in [-0.2, 0) is 4.79 Å². The largest absolute Gasteiger partial charge is 0.350 e. The van der Waals surface area contributed by atoms with Gasteiger partial charge in [0.25, 0.3) is 11.6 Å². The minimum atomic E-state index is -0.497. The van der Waals surface area contributed by atoms with Crippen LogP contribution in [-0.4, -0.2) is 22.8 Å². The maximum atomic E-state index is 12.3. The van der Waals surface area contributed by atoms with Crippen LogP contribution in [0.5, 0.6) is 0 Å². The van der Waals surface area contributed by atoms with Crippen molar-refractivity contribution in [1.82, 2.24) is 5.32 Å². The van der Waals surface area contributed by atoms with Crippen LogP contribution < -0.4 is 10.6 Å². The molecule has 0 spiro atoms. The molecular weight excluding hydrogens is 370 g/mol. The third kappa shape index (κ3) is 5.93. The molecule has 0 radical (unpaired) electrons. The highest BCUT2D eigenvalue weighted by Crippen LogP contribution is 2.21. The van der Waals surface area contributed by atoms with E-state index in [0.717, 1.165) is 0 Å². The monoisotopic (exact) mass is 387 g/mol. The summed E-state index contributed by atoms with van der Waals surface area (Å²) < 4.78 is 0. The first kappa shape index (κ1) is 20.1. The number of nitro benzene ring substituents is 1. The second-order valence-electron chi connectivity index (χ2n) is 5.99. The fraction of sp³-hybridized carbons (Fsp3) is 0.158. The topological polar surface area (TPSA) is 101 Å². The van der Waals surface area contributed by atoms with Gasteiger partial charge in [0.05, 0.1) is 16.2 Å². The van der Waals surface area contributed by atoms with Crippen LogP contribution in [0.3, 0.4) is 0 Å². The third-order valence-corrected chi connectivity index (χ3v) is 3.67. The maximum Gasteiger partial charge on any atom is 0.269 e. The lowest BCUT2D eigenvalue weighted by Gasteiger charge is -2.13. The molecule has 0 unspecified atom stereocenters. The lowest BCUT2D eigenvalue weighted by Crippen LogP contribution is -2.31. The summed E-state index contributed by atoms with van der Waals surface area (Å²) in [6, 6.07) is 10.3. The van der Waals surface area contributed by atoms with E-state index >= 15 is 0 Å². The van der Waals surface area contributed by atoms with Crippen molar-refractivity contribution in [1.29, 1.82) is 0 Å². The van der Waals surface area contributed by atoms with Crippen molar-refractivity contribution >= 4 is 40.9 Å². The number of rotatable bonds is 6. The molecule has 2 amide bonds. The quantitative estimate of drug-likeness (QED) is 0.443. The van der Waals surface area contributed by atoms with Gasteiger partial charge in [0.15, 0.2) is 0 Å². The molecule has 140 valence electrons. The molecule has 0 heterocycles. The summed E-state index contributed by atoms with van der Waals surface area (Å²) in [6.45, 7) is 3.66. The van der Waals surface area contributed by atoms with Crippen LogP contribution in [0.1, 0.15) is 29.8 Å². The van der Waals surface area contributed by atoms with Crippen LogP contribution in [0.25, 0.3) is 6.08 Å². The molecule has 27 heavy (non-hydrogen) atoms. The van der Waals surface area contributed by atoms with Crippen LogP contribution in [0.4, 0.5) is 11.4 Å². The zero-order valence-corrected chi connectivity index (χ0v) is 15.5. The van der Waals surface area contributed by atoms with Gasteiger partial charge in [-0.15, -0.1) is 0 Å². The summed E-state index contributed by atoms with van der Waals surface area (Å²) in [5, 5.41) is 16.4. The Kier molecular flexibility index (Phi) is 6.67. The van der Waals surface area contributed by atoms with Crippen molar-refractivity contribution in [2.24, 2.45) is 0 Å². The van der Waals surface area contributed by atoms with E-state index in [4.69, 9.17) is 11.6 Å². The number of carbonyl (C=O) groups is 2. The fourth-order valence-corrected chi connectivity index (χ4v) is 2.38. The van der Waals surface area contributed by atoms with Crippen molar-refractivity contribution in [3.8, 4) is 0 Å². The number of benzene rings is 2. The number of anilines is 1. The molecule has 0 fully saturated rings. The van der Waals surface area contributed by atoms with Gasteiger partial charge in [0.2, 0.25) is 5.91 Å². The Balaban J connectivity index is 2.13. The molecule has 0 aliphatic heterocycles. The van der Waals surface area contributed by atoms with Gasteiger partial charge in [-0.1, -0.05) is 11.6 Å². The highest BCUT2D eigenvalue weighted by molar-refractivity contribution is 6.31. The van der Waals surface area contributed by atoms with Gasteiger partial charge >= 0.3 is 0 Å². The Morgan fingerprint density at radius 3 is 2.41 bits per heavy atom. The number of carbonyl (C=O) groups excluding carboxylic acids is 2. The minimum absolute atomic E-state index is 0.0312. The van der Waals surface area contributed by atoms with E-state index in [1.165, 1.54) is 48.6 Å². The van der Waals surface area contributed by atoms with Crippen molar-refractivity contribution < 1.29 is 14.5 Å². The smallest absolute Gasteiger partial charge is 0.269 e. The molecule has 0 aliphatic rings. The molecule has 2 aromatic carbocycles. The summed E-state index contributed by atoms with van der Waals surface area (Å²) in [6.07, 6.45) is 2.78. The van der Waals surface area contributed by atoms with E-state index in [-0.39, 0.29) is 17.6 Å². The summed E-state index contributed by atoms with van der Waals surface area (Å²) in [5.41, 5.74) is 1.18. The van der Waals surface area contributed by atoms with E-state index in [0.29, 0.717) is 21.8 Å². The Bertz CT molecular complexity index is 892. The lowest BCUT2D eigenvalue weighted by molar-refractivity contribution is -0.384.